The Morgan fingerprint density at radius 1 is 1.58 bits per heavy atom. The minimum absolute atomic E-state index is 0.0899. The largest absolute Gasteiger partial charge is 0.395 e. The first-order valence-corrected chi connectivity index (χ1v) is 4.68. The van der Waals surface area contributed by atoms with Crippen LogP contribution in [0.3, 0.4) is 0 Å². The van der Waals surface area contributed by atoms with Crippen molar-refractivity contribution in [3.8, 4) is 0 Å². The molecule has 1 atom stereocenters. The minimum atomic E-state index is 0.0899. The van der Waals surface area contributed by atoms with Crippen LogP contribution < -0.4 is 5.73 Å². The molecule has 0 aliphatic heterocycles. The van der Waals surface area contributed by atoms with Crippen molar-refractivity contribution >= 4 is 17.2 Å². The Balaban J connectivity index is 3.98. The average molecular weight is 190 g/mol. The highest BCUT2D eigenvalue weighted by atomic mass is 32.1. The number of thiocarbonyl (C=S) groups is 1. The van der Waals surface area contributed by atoms with Gasteiger partial charge in [-0.3, -0.25) is 4.90 Å². The molecule has 0 amide bonds. The van der Waals surface area contributed by atoms with Gasteiger partial charge in [0.25, 0.3) is 0 Å². The van der Waals surface area contributed by atoms with E-state index in [0.29, 0.717) is 11.5 Å². The first-order chi connectivity index (χ1) is 5.63. The lowest BCUT2D eigenvalue weighted by molar-refractivity contribution is 0.184. The van der Waals surface area contributed by atoms with Crippen LogP contribution in [0, 0.1) is 0 Å². The highest BCUT2D eigenvalue weighted by Gasteiger charge is 2.13. The van der Waals surface area contributed by atoms with Gasteiger partial charge in [0.1, 0.15) is 0 Å². The van der Waals surface area contributed by atoms with Gasteiger partial charge in [0.2, 0.25) is 0 Å². The second-order valence-electron chi connectivity index (χ2n) is 2.84. The van der Waals surface area contributed by atoms with Gasteiger partial charge in [-0.15, -0.1) is 0 Å². The van der Waals surface area contributed by atoms with Crippen LogP contribution in [-0.4, -0.2) is 40.7 Å². The molecule has 0 spiro atoms. The zero-order valence-corrected chi connectivity index (χ0v) is 8.60. The van der Waals surface area contributed by atoms with Crippen LogP contribution in [0.5, 0.6) is 0 Å². The Hall–Kier alpha value is -0.190. The molecule has 0 aliphatic rings. The van der Waals surface area contributed by atoms with E-state index in [1.165, 1.54) is 0 Å². The Kier molecular flexibility index (Phi) is 6.24. The van der Waals surface area contributed by atoms with Crippen molar-refractivity contribution < 1.29 is 5.11 Å². The van der Waals surface area contributed by atoms with Crippen LogP contribution in [0.4, 0.5) is 0 Å². The van der Waals surface area contributed by atoms with Crippen molar-refractivity contribution in [1.29, 1.82) is 0 Å². The smallest absolute Gasteiger partial charge is 0.0899 e. The molecule has 0 saturated carbocycles. The molecular formula is C8H18N2OS. The molecule has 0 bridgehead atoms. The van der Waals surface area contributed by atoms with Gasteiger partial charge in [-0.25, -0.2) is 0 Å². The van der Waals surface area contributed by atoms with Crippen molar-refractivity contribution in [3.05, 3.63) is 0 Å². The molecule has 72 valence electrons. The quantitative estimate of drug-likeness (QED) is 0.594. The molecule has 4 heteroatoms. The standard InChI is InChI=1S/C8H18N2OS/c1-3-4-10(5-6-11)7(2)8(9)12/h7,11H,3-6H2,1-2H3,(H2,9,12). The molecule has 3 nitrogen and oxygen atoms in total. The Morgan fingerprint density at radius 3 is 2.50 bits per heavy atom. The highest BCUT2D eigenvalue weighted by molar-refractivity contribution is 7.80. The maximum atomic E-state index is 8.77. The Morgan fingerprint density at radius 2 is 2.17 bits per heavy atom. The van der Waals surface area contributed by atoms with Gasteiger partial charge in [-0.1, -0.05) is 19.1 Å². The third kappa shape index (κ3) is 3.99. The van der Waals surface area contributed by atoms with E-state index in [-0.39, 0.29) is 12.6 Å². The van der Waals surface area contributed by atoms with E-state index in [1.54, 1.807) is 0 Å². The molecule has 0 saturated heterocycles. The number of hydrogen-bond donors (Lipinski definition) is 2. The predicted molar refractivity (Wildman–Crippen MR) is 55.2 cm³/mol. The lowest BCUT2D eigenvalue weighted by Crippen LogP contribution is -2.43. The van der Waals surface area contributed by atoms with E-state index in [1.807, 2.05) is 6.92 Å². The molecule has 0 heterocycles. The second kappa shape index (κ2) is 6.34. The summed E-state index contributed by atoms with van der Waals surface area (Å²) in [5, 5.41) is 8.77. The fourth-order valence-corrected chi connectivity index (χ4v) is 1.24. The van der Waals surface area contributed by atoms with E-state index in [9.17, 15) is 0 Å². The molecule has 1 unspecified atom stereocenters. The fraction of sp³-hybridized carbons (Fsp3) is 0.875. The maximum Gasteiger partial charge on any atom is 0.0899 e. The van der Waals surface area contributed by atoms with Crippen molar-refractivity contribution in [2.75, 3.05) is 19.7 Å². The number of rotatable bonds is 6. The molecule has 0 aromatic rings. The zero-order chi connectivity index (χ0) is 9.56. The number of nitrogens with two attached hydrogens (primary N) is 1. The highest BCUT2D eigenvalue weighted by Crippen LogP contribution is 2.00. The summed E-state index contributed by atoms with van der Waals surface area (Å²) in [6.07, 6.45) is 1.05. The summed E-state index contributed by atoms with van der Waals surface area (Å²) in [5.41, 5.74) is 5.51. The van der Waals surface area contributed by atoms with E-state index in [4.69, 9.17) is 23.1 Å². The van der Waals surface area contributed by atoms with Crippen molar-refractivity contribution in [3.63, 3.8) is 0 Å². The second-order valence-corrected chi connectivity index (χ2v) is 3.31. The number of nitrogens with zero attached hydrogens (tertiary/aromatic N) is 1. The van der Waals surface area contributed by atoms with E-state index in [0.717, 1.165) is 13.0 Å². The monoisotopic (exact) mass is 190 g/mol. The van der Waals surface area contributed by atoms with Crippen molar-refractivity contribution in [2.24, 2.45) is 5.73 Å². The van der Waals surface area contributed by atoms with Gasteiger partial charge in [-0.05, 0) is 19.9 Å². The lowest BCUT2D eigenvalue weighted by atomic mass is 10.2. The van der Waals surface area contributed by atoms with Crippen molar-refractivity contribution in [1.82, 2.24) is 4.90 Å². The normalized spacial score (nSPS) is 13.3. The topological polar surface area (TPSA) is 49.5 Å². The van der Waals surface area contributed by atoms with Crippen LogP contribution in [0.2, 0.25) is 0 Å². The van der Waals surface area contributed by atoms with Crippen molar-refractivity contribution in [2.45, 2.75) is 26.3 Å². The average Bonchev–Trinajstić information content (AvgIpc) is 2.03. The summed E-state index contributed by atoms with van der Waals surface area (Å²) in [4.78, 5) is 2.58. The summed E-state index contributed by atoms with van der Waals surface area (Å²) >= 11 is 4.88. The predicted octanol–water partition coefficient (Wildman–Crippen LogP) is 0.365. The van der Waals surface area contributed by atoms with Crippen LogP contribution in [-0.2, 0) is 0 Å². The van der Waals surface area contributed by atoms with E-state index < -0.39 is 0 Å². The fourth-order valence-electron chi connectivity index (χ4n) is 1.09. The number of hydrogen-bond acceptors (Lipinski definition) is 3. The Labute approximate surface area is 79.5 Å². The molecule has 3 N–H and O–H groups in total. The molecular weight excluding hydrogens is 172 g/mol. The maximum absolute atomic E-state index is 8.77. The SMILES string of the molecule is CCCN(CCO)C(C)C(N)=S. The van der Waals surface area contributed by atoms with Gasteiger partial charge in [0.15, 0.2) is 0 Å². The Bertz CT molecular complexity index is 135. The molecule has 12 heavy (non-hydrogen) atoms. The summed E-state index contributed by atoms with van der Waals surface area (Å²) in [7, 11) is 0. The zero-order valence-electron chi connectivity index (χ0n) is 7.79. The van der Waals surface area contributed by atoms with Crippen LogP contribution in [0.25, 0.3) is 0 Å². The lowest BCUT2D eigenvalue weighted by Gasteiger charge is -2.26. The van der Waals surface area contributed by atoms with Gasteiger partial charge in [0.05, 0.1) is 17.6 Å². The molecule has 0 fully saturated rings. The van der Waals surface area contributed by atoms with Gasteiger partial charge in [0, 0.05) is 6.54 Å². The van der Waals surface area contributed by atoms with Gasteiger partial charge in [-0.2, -0.15) is 0 Å². The van der Waals surface area contributed by atoms with Crippen LogP contribution in [0.15, 0.2) is 0 Å². The summed E-state index contributed by atoms with van der Waals surface area (Å²) in [5.74, 6) is 0. The molecule has 0 aromatic carbocycles. The third-order valence-corrected chi connectivity index (χ3v) is 2.20. The molecule has 0 aromatic heterocycles. The number of aliphatic hydroxyl groups is 1. The first-order valence-electron chi connectivity index (χ1n) is 4.27. The van der Waals surface area contributed by atoms with Crippen LogP contribution >= 0.6 is 12.2 Å². The number of aliphatic hydroxyl groups excluding tert-OH is 1. The van der Waals surface area contributed by atoms with Crippen LogP contribution in [0.1, 0.15) is 20.3 Å². The molecule has 0 aliphatic carbocycles. The summed E-state index contributed by atoms with van der Waals surface area (Å²) in [6, 6.07) is 0.0899. The first kappa shape index (κ1) is 11.8. The summed E-state index contributed by atoms with van der Waals surface area (Å²) < 4.78 is 0. The van der Waals surface area contributed by atoms with E-state index in [2.05, 4.69) is 11.8 Å². The molecule has 0 rings (SSSR count). The third-order valence-electron chi connectivity index (χ3n) is 1.86. The van der Waals surface area contributed by atoms with Gasteiger partial charge >= 0.3 is 0 Å². The minimum Gasteiger partial charge on any atom is -0.395 e. The van der Waals surface area contributed by atoms with Gasteiger partial charge < -0.3 is 10.8 Å². The molecule has 0 radical (unpaired) electrons. The van der Waals surface area contributed by atoms with E-state index >= 15 is 0 Å². The summed E-state index contributed by atoms with van der Waals surface area (Å²) in [6.45, 7) is 5.79.